The maximum absolute atomic E-state index is 13.2. The van der Waals surface area contributed by atoms with Gasteiger partial charge in [0.15, 0.2) is 5.78 Å². The van der Waals surface area contributed by atoms with E-state index in [1.807, 2.05) is 18.2 Å². The number of methoxy groups -OCH3 is 1. The molecule has 0 aromatic heterocycles. The molecular weight excluding hydrogens is 419 g/mol. The quantitative estimate of drug-likeness (QED) is 0.253. The van der Waals surface area contributed by atoms with Crippen LogP contribution >= 0.6 is 7.60 Å². The minimum Gasteiger partial charge on any atom is -0.497 e. The van der Waals surface area contributed by atoms with E-state index in [0.29, 0.717) is 23.4 Å². The molecule has 0 aliphatic rings. The summed E-state index contributed by atoms with van der Waals surface area (Å²) in [5.74, 6) is -0.355. The zero-order valence-corrected chi connectivity index (χ0v) is 17.8. The van der Waals surface area contributed by atoms with Crippen molar-refractivity contribution in [3.05, 3.63) is 100 Å². The van der Waals surface area contributed by atoms with Gasteiger partial charge >= 0.3 is 7.60 Å². The molecule has 0 aliphatic heterocycles. The van der Waals surface area contributed by atoms with Gasteiger partial charge in [0, 0.05) is 17.8 Å². The van der Waals surface area contributed by atoms with Gasteiger partial charge in [0.05, 0.1) is 18.6 Å². The third-order valence-corrected chi connectivity index (χ3v) is 6.28. The lowest BCUT2D eigenvalue weighted by molar-refractivity contribution is -0.384. The summed E-state index contributed by atoms with van der Waals surface area (Å²) in [7, 11) is -2.59. The number of nitrogens with zero attached hydrogens (tertiary/aromatic N) is 1. The van der Waals surface area contributed by atoms with Crippen LogP contribution in [0.4, 0.5) is 11.4 Å². The average molecular weight is 442 g/mol. The Hall–Kier alpha value is -3.19. The summed E-state index contributed by atoms with van der Waals surface area (Å²) in [6.07, 6.45) is 0.337. The molecule has 0 fully saturated rings. The van der Waals surface area contributed by atoms with Gasteiger partial charge in [-0.3, -0.25) is 14.7 Å². The zero-order valence-electron chi connectivity index (χ0n) is 16.9. The van der Waals surface area contributed by atoms with Gasteiger partial charge < -0.3 is 19.5 Å². The van der Waals surface area contributed by atoms with E-state index in [1.54, 1.807) is 55.6 Å². The van der Waals surface area contributed by atoms with E-state index in [0.717, 1.165) is 5.56 Å². The number of nitrogens with one attached hydrogen (secondary N) is 1. The summed E-state index contributed by atoms with van der Waals surface area (Å²) >= 11 is 0. The summed E-state index contributed by atoms with van der Waals surface area (Å²) in [4.78, 5) is 21.0. The summed E-state index contributed by atoms with van der Waals surface area (Å²) in [6, 6.07) is 21.9. The molecule has 0 radical (unpaired) electrons. The van der Waals surface area contributed by atoms with Crippen LogP contribution in [-0.2, 0) is 15.5 Å². The molecule has 0 saturated carbocycles. The van der Waals surface area contributed by atoms with Gasteiger partial charge in [0.25, 0.3) is 5.69 Å². The molecule has 3 aromatic rings. The van der Waals surface area contributed by atoms with Crippen LogP contribution in [0.15, 0.2) is 78.9 Å². The first kappa shape index (κ1) is 22.5. The molecular formula is C22H23N2O6P. The van der Waals surface area contributed by atoms with Gasteiger partial charge in [0.1, 0.15) is 5.75 Å². The lowest BCUT2D eigenvalue weighted by atomic mass is 10.1. The molecule has 0 spiro atoms. The van der Waals surface area contributed by atoms with Crippen molar-refractivity contribution in [2.24, 2.45) is 0 Å². The largest absolute Gasteiger partial charge is 0.497 e. The molecule has 0 heterocycles. The third kappa shape index (κ3) is 6.15. The maximum atomic E-state index is 13.2. The molecule has 0 amide bonds. The molecule has 2 atom stereocenters. The van der Waals surface area contributed by atoms with Crippen molar-refractivity contribution in [3.8, 4) is 5.75 Å². The number of ether oxygens (including phenoxy) is 1. The second-order valence-corrected chi connectivity index (χ2v) is 8.66. The van der Waals surface area contributed by atoms with Gasteiger partial charge in [-0.25, -0.2) is 0 Å². The smallest absolute Gasteiger partial charge is 0.354 e. The van der Waals surface area contributed by atoms with E-state index < -0.39 is 18.3 Å². The molecule has 31 heavy (non-hydrogen) atoms. The minimum absolute atomic E-state index is 0.0101. The van der Waals surface area contributed by atoms with Crippen molar-refractivity contribution >= 4 is 19.0 Å². The van der Waals surface area contributed by atoms with E-state index in [1.165, 1.54) is 12.1 Å². The van der Waals surface area contributed by atoms with Gasteiger partial charge in [-0.05, 0) is 41.8 Å². The van der Waals surface area contributed by atoms with Crippen LogP contribution in [0.3, 0.4) is 0 Å². The summed E-state index contributed by atoms with van der Waals surface area (Å²) in [5, 5.41) is 13.8. The van der Waals surface area contributed by atoms with Gasteiger partial charge in [0.2, 0.25) is 0 Å². The average Bonchev–Trinajstić information content (AvgIpc) is 2.78. The van der Waals surface area contributed by atoms with Gasteiger partial charge in [-0.2, -0.15) is 0 Å². The van der Waals surface area contributed by atoms with Gasteiger partial charge in [-0.15, -0.1) is 0 Å². The van der Waals surface area contributed by atoms with Crippen molar-refractivity contribution < 1.29 is 23.6 Å². The Morgan fingerprint density at radius 1 is 1.03 bits per heavy atom. The molecule has 3 aromatic carbocycles. The highest BCUT2D eigenvalue weighted by molar-refractivity contribution is 7.53. The molecule has 8 nitrogen and oxygen atoms in total. The Labute approximate surface area is 180 Å². The minimum atomic E-state index is -4.14. The first-order chi connectivity index (χ1) is 14.9. The highest BCUT2D eigenvalue weighted by Crippen LogP contribution is 2.56. The van der Waals surface area contributed by atoms with E-state index in [9.17, 15) is 19.6 Å². The lowest BCUT2D eigenvalue weighted by Crippen LogP contribution is -2.14. The van der Waals surface area contributed by atoms with Crippen LogP contribution < -0.4 is 10.1 Å². The van der Waals surface area contributed by atoms with Crippen molar-refractivity contribution in [1.29, 1.82) is 0 Å². The van der Waals surface area contributed by atoms with Crippen LogP contribution in [0.5, 0.6) is 5.75 Å². The molecule has 0 aliphatic carbocycles. The third-order valence-electron chi connectivity index (χ3n) is 4.65. The summed E-state index contributed by atoms with van der Waals surface area (Å²) < 4.78 is 23.8. The molecule has 2 N–H and O–H groups in total. The number of nitro groups is 1. The van der Waals surface area contributed by atoms with Crippen molar-refractivity contribution in [3.63, 3.8) is 0 Å². The first-order valence-electron chi connectivity index (χ1n) is 9.55. The second kappa shape index (κ2) is 10.2. The Bertz CT molecular complexity index is 1040. The highest BCUT2D eigenvalue weighted by atomic mass is 31.2. The first-order valence-corrected chi connectivity index (χ1v) is 11.2. The van der Waals surface area contributed by atoms with E-state index in [4.69, 9.17) is 9.26 Å². The molecule has 0 saturated heterocycles. The van der Waals surface area contributed by atoms with Crippen molar-refractivity contribution in [1.82, 2.24) is 0 Å². The monoisotopic (exact) mass is 442 g/mol. The van der Waals surface area contributed by atoms with E-state index in [-0.39, 0.29) is 12.3 Å². The fraction of sp³-hybridized carbons (Fsp3) is 0.182. The van der Waals surface area contributed by atoms with Crippen LogP contribution in [0.1, 0.15) is 16.9 Å². The number of anilines is 1. The molecule has 2 unspecified atom stereocenters. The molecule has 9 heteroatoms. The maximum Gasteiger partial charge on any atom is 0.354 e. The van der Waals surface area contributed by atoms with Crippen LogP contribution in [0.25, 0.3) is 0 Å². The highest BCUT2D eigenvalue weighted by Gasteiger charge is 2.34. The van der Waals surface area contributed by atoms with Crippen molar-refractivity contribution in [2.75, 3.05) is 19.0 Å². The number of hydrogen-bond donors (Lipinski definition) is 2. The van der Waals surface area contributed by atoms with E-state index >= 15 is 0 Å². The fourth-order valence-electron chi connectivity index (χ4n) is 2.98. The summed E-state index contributed by atoms with van der Waals surface area (Å²) in [5.41, 5.74) is 2.01. The van der Waals surface area contributed by atoms with E-state index in [2.05, 4.69) is 5.32 Å². The number of nitro benzene ring substituents is 1. The second-order valence-electron chi connectivity index (χ2n) is 6.76. The Morgan fingerprint density at radius 3 is 2.26 bits per heavy atom. The number of rotatable bonds is 10. The number of hydrogen-bond acceptors (Lipinski definition) is 6. The van der Waals surface area contributed by atoms with Crippen LogP contribution in [0, 0.1) is 10.1 Å². The number of benzene rings is 3. The summed E-state index contributed by atoms with van der Waals surface area (Å²) in [6.45, 7) is -0.0191. The lowest BCUT2D eigenvalue weighted by Gasteiger charge is -2.25. The van der Waals surface area contributed by atoms with Crippen LogP contribution in [-0.4, -0.2) is 23.5 Å². The van der Waals surface area contributed by atoms with Gasteiger partial charge in [-0.1, -0.05) is 42.5 Å². The predicted octanol–water partition coefficient (Wildman–Crippen LogP) is 5.16. The molecule has 3 rings (SSSR count). The van der Waals surface area contributed by atoms with Crippen molar-refractivity contribution in [2.45, 2.75) is 12.2 Å². The Morgan fingerprint density at radius 2 is 1.68 bits per heavy atom. The normalized spacial score (nSPS) is 13.7. The Balaban J connectivity index is 1.74. The predicted molar refractivity (Wildman–Crippen MR) is 118 cm³/mol. The topological polar surface area (TPSA) is 111 Å². The SMILES string of the molecule is COc1ccc(C(Nc2ccccc2)P(=O)(O)OCCc2ccc([N+](=O)[O-])cc2)cc1. The molecule has 162 valence electrons. The van der Waals surface area contributed by atoms with Crippen LogP contribution in [0.2, 0.25) is 0 Å². The Kier molecular flexibility index (Phi) is 7.41. The zero-order chi connectivity index (χ0) is 22.3. The number of non-ortho nitro benzene ring substituents is 1. The molecule has 0 bridgehead atoms. The number of para-hydroxylation sites is 1. The standard InChI is InChI=1S/C22H23N2O6P/c1-29-21-13-9-18(10-14-21)22(23-19-5-3-2-4-6-19)31(27,28)30-16-15-17-7-11-20(12-8-17)24(25)26/h2-14,22-23H,15-16H2,1H3,(H,27,28). The fourth-order valence-corrected chi connectivity index (χ4v) is 4.35.